The van der Waals surface area contributed by atoms with E-state index in [1.807, 2.05) is 41.5 Å². The number of aryl methyl sites for hydroxylation is 1. The summed E-state index contributed by atoms with van der Waals surface area (Å²) in [5.41, 5.74) is 6.31. The number of amides is 1. The van der Waals surface area contributed by atoms with Crippen LogP contribution in [0.1, 0.15) is 36.7 Å². The SMILES string of the molecule is Cc1ccc(C(=O)Nc2cn(C(C)(C)C)nc2I)cc1-c1cc(N2CCOCC2)c2nccn2c1. The molecule has 1 saturated heterocycles. The van der Waals surface area contributed by atoms with Gasteiger partial charge in [0.2, 0.25) is 0 Å². The number of carbonyl (C=O) groups excluding carboxylic acids is 1. The highest BCUT2D eigenvalue weighted by Crippen LogP contribution is 2.32. The van der Waals surface area contributed by atoms with E-state index in [2.05, 4.69) is 87.2 Å². The lowest BCUT2D eigenvalue weighted by molar-refractivity contribution is 0.102. The smallest absolute Gasteiger partial charge is 0.255 e. The Morgan fingerprint density at radius 2 is 1.91 bits per heavy atom. The van der Waals surface area contributed by atoms with Crippen LogP contribution >= 0.6 is 22.6 Å². The summed E-state index contributed by atoms with van der Waals surface area (Å²) in [6.07, 6.45) is 7.74. The first-order valence-corrected chi connectivity index (χ1v) is 12.8. The summed E-state index contributed by atoms with van der Waals surface area (Å²) in [6.45, 7) is 11.4. The molecule has 1 aliphatic heterocycles. The number of ether oxygens (including phenoxy) is 1. The minimum absolute atomic E-state index is 0.158. The molecule has 35 heavy (non-hydrogen) atoms. The second-order valence-corrected chi connectivity index (χ2v) is 10.8. The third kappa shape index (κ3) is 4.79. The van der Waals surface area contributed by atoms with E-state index in [0.717, 1.165) is 44.8 Å². The first-order valence-electron chi connectivity index (χ1n) is 11.7. The minimum Gasteiger partial charge on any atom is -0.378 e. The number of nitrogens with zero attached hydrogens (tertiary/aromatic N) is 5. The van der Waals surface area contributed by atoms with Crippen molar-refractivity contribution in [2.24, 2.45) is 0 Å². The third-order valence-electron chi connectivity index (χ3n) is 6.24. The second kappa shape index (κ2) is 9.27. The molecular weight excluding hydrogens is 555 g/mol. The predicted octanol–water partition coefficient (Wildman–Crippen LogP) is 4.95. The van der Waals surface area contributed by atoms with Crippen molar-refractivity contribution in [3.63, 3.8) is 0 Å². The Hall–Kier alpha value is -2.92. The number of benzene rings is 1. The molecule has 0 atom stereocenters. The van der Waals surface area contributed by atoms with Crippen LogP contribution < -0.4 is 10.2 Å². The second-order valence-electron chi connectivity index (χ2n) is 9.80. The van der Waals surface area contributed by atoms with Gasteiger partial charge in [0.25, 0.3) is 5.91 Å². The zero-order chi connectivity index (χ0) is 24.7. The van der Waals surface area contributed by atoms with E-state index in [1.165, 1.54) is 0 Å². The number of nitrogens with one attached hydrogen (secondary N) is 1. The van der Waals surface area contributed by atoms with E-state index in [9.17, 15) is 4.79 Å². The molecule has 4 heterocycles. The van der Waals surface area contributed by atoms with Crippen LogP contribution in [0.25, 0.3) is 16.8 Å². The van der Waals surface area contributed by atoms with Crippen LogP contribution in [0.2, 0.25) is 0 Å². The van der Waals surface area contributed by atoms with Crippen molar-refractivity contribution in [1.82, 2.24) is 19.2 Å². The molecule has 0 unspecified atom stereocenters. The summed E-state index contributed by atoms with van der Waals surface area (Å²) in [5.74, 6) is -0.158. The largest absolute Gasteiger partial charge is 0.378 e. The van der Waals surface area contributed by atoms with Gasteiger partial charge in [-0.05, 0) is 79.6 Å². The quantitative estimate of drug-likeness (QED) is 0.344. The van der Waals surface area contributed by atoms with Gasteiger partial charge in [0.15, 0.2) is 5.65 Å². The lowest BCUT2D eigenvalue weighted by Crippen LogP contribution is -2.36. The zero-order valence-electron chi connectivity index (χ0n) is 20.4. The Morgan fingerprint density at radius 1 is 1.14 bits per heavy atom. The number of morpholine rings is 1. The average molecular weight is 584 g/mol. The predicted molar refractivity (Wildman–Crippen MR) is 146 cm³/mol. The van der Waals surface area contributed by atoms with Crippen LogP contribution in [0, 0.1) is 10.6 Å². The van der Waals surface area contributed by atoms with Gasteiger partial charge < -0.3 is 19.4 Å². The first kappa shape index (κ1) is 23.8. The van der Waals surface area contributed by atoms with Crippen LogP contribution in [-0.4, -0.2) is 51.4 Å². The van der Waals surface area contributed by atoms with Gasteiger partial charge in [-0.2, -0.15) is 5.10 Å². The number of hydrogen-bond acceptors (Lipinski definition) is 5. The highest BCUT2D eigenvalue weighted by molar-refractivity contribution is 14.1. The molecule has 1 N–H and O–H groups in total. The molecule has 1 fully saturated rings. The number of pyridine rings is 1. The molecule has 0 radical (unpaired) electrons. The Labute approximate surface area is 218 Å². The monoisotopic (exact) mass is 584 g/mol. The maximum absolute atomic E-state index is 13.2. The van der Waals surface area contributed by atoms with Gasteiger partial charge in [-0.25, -0.2) is 4.98 Å². The van der Waals surface area contributed by atoms with Crippen LogP contribution in [-0.2, 0) is 10.3 Å². The summed E-state index contributed by atoms with van der Waals surface area (Å²) in [7, 11) is 0. The van der Waals surface area contributed by atoms with Crippen molar-refractivity contribution in [3.05, 3.63) is 63.9 Å². The van der Waals surface area contributed by atoms with Gasteiger partial charge in [-0.1, -0.05) is 6.07 Å². The topological polar surface area (TPSA) is 76.7 Å². The lowest BCUT2D eigenvalue weighted by Gasteiger charge is -2.29. The molecule has 9 heteroatoms. The minimum atomic E-state index is -0.163. The Morgan fingerprint density at radius 3 is 2.63 bits per heavy atom. The Kier molecular flexibility index (Phi) is 6.30. The number of halogens is 1. The molecule has 1 aromatic carbocycles. The highest BCUT2D eigenvalue weighted by atomic mass is 127. The number of carbonyl (C=O) groups is 1. The molecular formula is C26H29IN6O2. The van der Waals surface area contributed by atoms with Crippen molar-refractivity contribution in [3.8, 4) is 11.1 Å². The standard InChI is InChI=1S/C26H29IN6O2/c1-17-5-6-18(25(34)29-21-16-33(26(2,3)4)30-23(21)27)13-20(17)19-14-22(31-9-11-35-12-10-31)24-28-7-8-32(24)15-19/h5-8,13-16H,9-12H2,1-4H3,(H,29,34). The molecule has 3 aromatic heterocycles. The fraction of sp³-hybridized carbons (Fsp3) is 0.346. The van der Waals surface area contributed by atoms with E-state index < -0.39 is 0 Å². The summed E-state index contributed by atoms with van der Waals surface area (Å²) in [5, 5.41) is 7.59. The molecule has 0 spiro atoms. The summed E-state index contributed by atoms with van der Waals surface area (Å²) >= 11 is 2.16. The number of fused-ring (bicyclic) bond motifs is 1. The molecule has 4 aromatic rings. The van der Waals surface area contributed by atoms with Crippen LogP contribution in [0.4, 0.5) is 11.4 Å². The molecule has 0 saturated carbocycles. The number of rotatable bonds is 4. The van der Waals surface area contributed by atoms with Gasteiger partial charge in [-0.3, -0.25) is 9.48 Å². The summed E-state index contributed by atoms with van der Waals surface area (Å²) < 4.78 is 10.2. The van der Waals surface area contributed by atoms with Crippen molar-refractivity contribution in [2.75, 3.05) is 36.5 Å². The number of aromatic nitrogens is 4. The van der Waals surface area contributed by atoms with Crippen molar-refractivity contribution in [1.29, 1.82) is 0 Å². The van der Waals surface area contributed by atoms with E-state index in [0.29, 0.717) is 24.5 Å². The molecule has 182 valence electrons. The van der Waals surface area contributed by atoms with Crippen molar-refractivity contribution in [2.45, 2.75) is 33.2 Å². The van der Waals surface area contributed by atoms with Crippen molar-refractivity contribution < 1.29 is 9.53 Å². The van der Waals surface area contributed by atoms with E-state index in [1.54, 1.807) is 0 Å². The highest BCUT2D eigenvalue weighted by Gasteiger charge is 2.20. The van der Waals surface area contributed by atoms with Gasteiger partial charge >= 0.3 is 0 Å². The molecule has 0 aliphatic carbocycles. The van der Waals surface area contributed by atoms with Crippen LogP contribution in [0.3, 0.4) is 0 Å². The fourth-order valence-electron chi connectivity index (χ4n) is 4.25. The lowest BCUT2D eigenvalue weighted by atomic mass is 9.98. The Balaban J connectivity index is 1.49. The maximum atomic E-state index is 13.2. The summed E-state index contributed by atoms with van der Waals surface area (Å²) in [4.78, 5) is 20.1. The molecule has 1 aliphatic rings. The van der Waals surface area contributed by atoms with Gasteiger partial charge in [0, 0.05) is 42.8 Å². The fourth-order valence-corrected chi connectivity index (χ4v) is 4.75. The third-order valence-corrected chi connectivity index (χ3v) is 7.03. The molecule has 8 nitrogen and oxygen atoms in total. The van der Waals surface area contributed by atoms with E-state index in [-0.39, 0.29) is 11.4 Å². The van der Waals surface area contributed by atoms with Gasteiger partial charge in [0.05, 0.1) is 36.3 Å². The molecule has 1 amide bonds. The van der Waals surface area contributed by atoms with Gasteiger partial charge in [0.1, 0.15) is 3.70 Å². The molecule has 5 rings (SSSR count). The number of hydrogen-bond donors (Lipinski definition) is 1. The average Bonchev–Trinajstić information content (AvgIpc) is 3.46. The van der Waals surface area contributed by atoms with Crippen molar-refractivity contribution >= 4 is 45.5 Å². The van der Waals surface area contributed by atoms with E-state index in [4.69, 9.17) is 4.74 Å². The summed E-state index contributed by atoms with van der Waals surface area (Å²) in [6, 6.07) is 8.01. The zero-order valence-corrected chi connectivity index (χ0v) is 22.5. The maximum Gasteiger partial charge on any atom is 0.255 e. The number of anilines is 2. The van der Waals surface area contributed by atoms with Crippen LogP contribution in [0.5, 0.6) is 0 Å². The number of imidazole rings is 1. The Bertz CT molecular complexity index is 1390. The normalized spacial score (nSPS) is 14.5. The van der Waals surface area contributed by atoms with Crippen LogP contribution in [0.15, 0.2) is 49.1 Å². The molecule has 0 bridgehead atoms. The first-order chi connectivity index (χ1) is 16.7. The van der Waals surface area contributed by atoms with E-state index >= 15 is 0 Å². The van der Waals surface area contributed by atoms with Gasteiger partial charge in [-0.15, -0.1) is 0 Å².